The van der Waals surface area contributed by atoms with Crippen LogP contribution in [0.25, 0.3) is 0 Å². The smallest absolute Gasteiger partial charge is 0.187 e. The molecule has 0 amide bonds. The lowest BCUT2D eigenvalue weighted by Gasteiger charge is -2.60. The van der Waals surface area contributed by atoms with Gasteiger partial charge in [-0.15, -0.1) is 0 Å². The number of allylic oxidation sites excluding steroid dienone is 1. The van der Waals surface area contributed by atoms with Crippen molar-refractivity contribution in [3.05, 3.63) is 11.6 Å². The zero-order valence-electron chi connectivity index (χ0n) is 42.4. The average molecular weight is 1030 g/mol. The minimum atomic E-state index is -1.83. The molecule has 31 atom stereocenters. The molecule has 0 aromatic heterocycles. The first-order valence-electron chi connectivity index (χ1n) is 26.7. The predicted octanol–water partition coefficient (Wildman–Crippen LogP) is -0.792. The van der Waals surface area contributed by atoms with Gasteiger partial charge in [0.15, 0.2) is 30.9 Å². The monoisotopic (exact) mass is 1030 g/mol. The molecule has 0 radical (unpaired) electrons. The van der Waals surface area contributed by atoms with Crippen molar-refractivity contribution in [3.8, 4) is 0 Å². The van der Waals surface area contributed by atoms with Gasteiger partial charge in [0.1, 0.15) is 85.0 Å². The van der Waals surface area contributed by atoms with Crippen LogP contribution in [0.5, 0.6) is 0 Å². The third-order valence-electron chi connectivity index (χ3n) is 20.0. The molecule has 6 heterocycles. The van der Waals surface area contributed by atoms with Crippen molar-refractivity contribution >= 4 is 0 Å². The SMILES string of the molecule is CC1CCC2(OC1)OC1CC3C4CC=C5CC(OC6OC(C)C(OC7OC(C)C(OC8OC(CO)C(O)C(O)C8O)C(O)C7O)C(O)C6OC6OC(C)C(O)C(O)C6O)CCC5(C)C4CCC3(C)C1(O)C2C. The van der Waals surface area contributed by atoms with Crippen molar-refractivity contribution in [2.75, 3.05) is 13.2 Å². The molecule has 9 fully saturated rings. The summed E-state index contributed by atoms with van der Waals surface area (Å²) in [5.74, 6) is 0.616. The minimum absolute atomic E-state index is 0.121. The van der Waals surface area contributed by atoms with Crippen LogP contribution in [-0.4, -0.2) is 216 Å². The Balaban J connectivity index is 0.829. The van der Waals surface area contributed by atoms with E-state index < -0.39 is 141 Å². The van der Waals surface area contributed by atoms with Crippen molar-refractivity contribution in [1.29, 1.82) is 0 Å². The lowest BCUT2D eigenvalue weighted by Crippen LogP contribution is -2.66. The molecular weight excluding hydrogens is 949 g/mol. The van der Waals surface area contributed by atoms with Gasteiger partial charge in [0, 0.05) is 17.8 Å². The third kappa shape index (κ3) is 8.63. The van der Waals surface area contributed by atoms with Crippen molar-refractivity contribution in [2.24, 2.45) is 40.4 Å². The third-order valence-corrected chi connectivity index (χ3v) is 20.0. The maximum absolute atomic E-state index is 12.9. The summed E-state index contributed by atoms with van der Waals surface area (Å²) in [6, 6.07) is 0. The van der Waals surface area contributed by atoms with Gasteiger partial charge in [0.2, 0.25) is 0 Å². The second kappa shape index (κ2) is 20.0. The summed E-state index contributed by atoms with van der Waals surface area (Å²) in [7, 11) is 0. The van der Waals surface area contributed by atoms with E-state index in [4.69, 9.17) is 47.4 Å². The van der Waals surface area contributed by atoms with Crippen LogP contribution in [0.2, 0.25) is 0 Å². The molecular formula is C51H82O21. The Bertz CT molecular complexity index is 1940. The van der Waals surface area contributed by atoms with Gasteiger partial charge < -0.3 is 104 Å². The maximum Gasteiger partial charge on any atom is 0.187 e. The van der Waals surface area contributed by atoms with Gasteiger partial charge in [0.05, 0.1) is 43.7 Å². The predicted molar refractivity (Wildman–Crippen MR) is 245 cm³/mol. The van der Waals surface area contributed by atoms with Gasteiger partial charge in [-0.1, -0.05) is 39.3 Å². The van der Waals surface area contributed by atoms with Crippen LogP contribution in [-0.2, 0) is 47.4 Å². The molecule has 6 aliphatic heterocycles. The minimum Gasteiger partial charge on any atom is -0.394 e. The molecule has 4 aliphatic carbocycles. The van der Waals surface area contributed by atoms with Gasteiger partial charge in [-0.2, -0.15) is 0 Å². The van der Waals surface area contributed by atoms with E-state index in [0.717, 1.165) is 44.9 Å². The molecule has 21 heteroatoms. The number of aliphatic hydroxyl groups excluding tert-OH is 10. The number of hydrogen-bond donors (Lipinski definition) is 11. The van der Waals surface area contributed by atoms with E-state index in [1.807, 2.05) is 0 Å². The first-order valence-corrected chi connectivity index (χ1v) is 26.7. The van der Waals surface area contributed by atoms with E-state index >= 15 is 0 Å². The fourth-order valence-corrected chi connectivity index (χ4v) is 15.4. The van der Waals surface area contributed by atoms with Gasteiger partial charge in [0.25, 0.3) is 0 Å². The van der Waals surface area contributed by atoms with Crippen LogP contribution in [0.4, 0.5) is 0 Å². The van der Waals surface area contributed by atoms with Gasteiger partial charge in [-0.3, -0.25) is 0 Å². The van der Waals surface area contributed by atoms with E-state index in [2.05, 4.69) is 33.8 Å². The van der Waals surface area contributed by atoms with Crippen molar-refractivity contribution in [1.82, 2.24) is 0 Å². The largest absolute Gasteiger partial charge is 0.394 e. The fraction of sp³-hybridized carbons (Fsp3) is 0.961. The summed E-state index contributed by atoms with van der Waals surface area (Å²) in [6.45, 7) is 13.5. The molecule has 6 saturated heterocycles. The van der Waals surface area contributed by atoms with Crippen molar-refractivity contribution in [2.45, 2.75) is 253 Å². The highest BCUT2D eigenvalue weighted by Gasteiger charge is 2.76. The maximum atomic E-state index is 12.9. The summed E-state index contributed by atoms with van der Waals surface area (Å²) in [5.41, 5.74) is -0.138. The molecule has 412 valence electrons. The fourth-order valence-electron chi connectivity index (χ4n) is 15.4. The van der Waals surface area contributed by atoms with E-state index in [9.17, 15) is 56.2 Å². The molecule has 10 aliphatic rings. The number of rotatable bonds is 9. The topological polar surface area (TPSA) is 315 Å². The molecule has 0 bridgehead atoms. The van der Waals surface area contributed by atoms with E-state index in [1.54, 1.807) is 6.92 Å². The Morgan fingerprint density at radius 3 is 1.85 bits per heavy atom. The van der Waals surface area contributed by atoms with Crippen LogP contribution in [0.1, 0.15) is 106 Å². The zero-order chi connectivity index (χ0) is 51.7. The second-order valence-corrected chi connectivity index (χ2v) is 23.9. The molecule has 3 saturated carbocycles. The van der Waals surface area contributed by atoms with Crippen LogP contribution in [0, 0.1) is 40.4 Å². The highest BCUT2D eigenvalue weighted by molar-refractivity contribution is 5.29. The number of aliphatic hydroxyl groups is 11. The molecule has 72 heavy (non-hydrogen) atoms. The van der Waals surface area contributed by atoms with E-state index in [0.29, 0.717) is 37.2 Å². The number of fused-ring (bicyclic) bond motifs is 7. The Morgan fingerprint density at radius 2 is 1.19 bits per heavy atom. The molecule has 10 rings (SSSR count). The highest BCUT2D eigenvalue weighted by atomic mass is 16.8. The average Bonchev–Trinajstić information content (AvgIpc) is 3.71. The second-order valence-electron chi connectivity index (χ2n) is 23.9. The summed E-state index contributed by atoms with van der Waals surface area (Å²) in [5, 5.41) is 121. The normalized spacial score (nSPS) is 58.8. The van der Waals surface area contributed by atoms with Crippen molar-refractivity contribution < 1.29 is 104 Å². The van der Waals surface area contributed by atoms with Crippen LogP contribution in [0.3, 0.4) is 0 Å². The lowest BCUT2D eigenvalue weighted by atomic mass is 9.46. The zero-order valence-corrected chi connectivity index (χ0v) is 42.4. The number of hydrogen-bond acceptors (Lipinski definition) is 21. The quantitative estimate of drug-likeness (QED) is 0.126. The van der Waals surface area contributed by atoms with Gasteiger partial charge in [-0.05, 0) is 101 Å². The molecule has 1 spiro atoms. The van der Waals surface area contributed by atoms with Crippen molar-refractivity contribution in [3.63, 3.8) is 0 Å². The van der Waals surface area contributed by atoms with Gasteiger partial charge in [-0.25, -0.2) is 0 Å². The van der Waals surface area contributed by atoms with Crippen LogP contribution in [0.15, 0.2) is 11.6 Å². The highest BCUT2D eigenvalue weighted by Crippen LogP contribution is 2.72. The molecule has 21 nitrogen and oxygen atoms in total. The molecule has 31 unspecified atom stereocenters. The summed E-state index contributed by atoms with van der Waals surface area (Å²) < 4.78 is 62.1. The lowest BCUT2D eigenvalue weighted by molar-refractivity contribution is -0.391. The Morgan fingerprint density at radius 1 is 0.597 bits per heavy atom. The van der Waals surface area contributed by atoms with E-state index in [1.165, 1.54) is 19.4 Å². The summed E-state index contributed by atoms with van der Waals surface area (Å²) >= 11 is 0. The van der Waals surface area contributed by atoms with Crippen LogP contribution >= 0.6 is 0 Å². The van der Waals surface area contributed by atoms with Crippen LogP contribution < -0.4 is 0 Å². The van der Waals surface area contributed by atoms with Gasteiger partial charge >= 0.3 is 0 Å². The number of ether oxygens (including phenoxy) is 10. The Labute approximate surface area is 420 Å². The summed E-state index contributed by atoms with van der Waals surface area (Å²) in [6.07, 6.45) is -20.7. The Hall–Kier alpha value is -1.10. The molecule has 11 N–H and O–H groups in total. The standard InChI is InChI=1S/C51H82O21/c1-20-10-15-50(63-19-20)24(5)51(62)31(72-50)17-29-27-9-8-25-16-26(11-13-48(25,6)28(27)12-14-49(29,51)7)67-47-43(71-44-37(58)34(55)32(53)21(2)64-44)40(61)42(23(4)66-47)70-45-39(60)36(57)41(22(3)65-45)69-46-38(59)35(56)33(54)30(18-52)68-46/h8,20-24,26-47,52-62H,9-19H2,1-7H3. The first kappa shape index (κ1) is 54.3. The molecule has 0 aromatic carbocycles. The van der Waals surface area contributed by atoms with E-state index in [-0.39, 0.29) is 34.9 Å². The molecule has 0 aromatic rings. The Kier molecular flexibility index (Phi) is 15.1. The first-order chi connectivity index (χ1) is 34.0. The summed E-state index contributed by atoms with van der Waals surface area (Å²) in [4.78, 5) is 0.